The molecule has 1 aromatic carbocycles. The Balaban J connectivity index is 1.43. The molecule has 0 bridgehead atoms. The minimum Gasteiger partial charge on any atom is -0.497 e. The molecule has 1 fully saturated rings. The molecule has 1 aromatic heterocycles. The fraction of sp³-hybridized carbons (Fsp3) is 0.480. The number of piperazine rings is 1. The van der Waals surface area contributed by atoms with E-state index in [1.165, 1.54) is 0 Å². The van der Waals surface area contributed by atoms with Gasteiger partial charge in [0.1, 0.15) is 17.3 Å². The molecule has 0 aliphatic carbocycles. The molecule has 0 unspecified atom stereocenters. The summed E-state index contributed by atoms with van der Waals surface area (Å²) in [7, 11) is 3.24. The molecule has 35 heavy (non-hydrogen) atoms. The van der Waals surface area contributed by atoms with E-state index < -0.39 is 5.54 Å². The second kappa shape index (κ2) is 9.35. The lowest BCUT2D eigenvalue weighted by Crippen LogP contribution is -2.67. The van der Waals surface area contributed by atoms with Crippen LogP contribution in [0.5, 0.6) is 5.75 Å². The molecule has 3 amide bonds. The monoisotopic (exact) mass is 482 g/mol. The van der Waals surface area contributed by atoms with Gasteiger partial charge in [0.15, 0.2) is 5.54 Å². The predicted octanol–water partition coefficient (Wildman–Crippen LogP) is 0.780. The lowest BCUT2D eigenvalue weighted by Gasteiger charge is -2.37. The van der Waals surface area contributed by atoms with Crippen molar-refractivity contribution in [3.8, 4) is 5.75 Å². The average molecular weight is 483 g/mol. The summed E-state index contributed by atoms with van der Waals surface area (Å²) in [5.74, 6) is 0.828. The van der Waals surface area contributed by atoms with E-state index in [1.54, 1.807) is 31.3 Å². The molecule has 2 aromatic rings. The Labute approximate surface area is 203 Å². The summed E-state index contributed by atoms with van der Waals surface area (Å²) < 4.78 is 16.6. The van der Waals surface area contributed by atoms with Crippen LogP contribution < -0.4 is 15.4 Å². The van der Waals surface area contributed by atoms with Crippen LogP contribution in [0.4, 0.5) is 0 Å². The maximum absolute atomic E-state index is 13.3. The summed E-state index contributed by atoms with van der Waals surface area (Å²) in [5, 5.41) is 5.54. The van der Waals surface area contributed by atoms with Crippen molar-refractivity contribution in [1.29, 1.82) is 0 Å². The van der Waals surface area contributed by atoms with Crippen molar-refractivity contribution in [2.45, 2.75) is 31.5 Å². The fourth-order valence-corrected chi connectivity index (χ4v) is 5.12. The van der Waals surface area contributed by atoms with Gasteiger partial charge in [0, 0.05) is 57.4 Å². The minimum absolute atomic E-state index is 0.0374. The van der Waals surface area contributed by atoms with Crippen molar-refractivity contribution in [3.05, 3.63) is 52.5 Å². The second-order valence-corrected chi connectivity index (χ2v) is 9.25. The van der Waals surface area contributed by atoms with Gasteiger partial charge >= 0.3 is 0 Å². The molecule has 10 heteroatoms. The standard InChI is InChI=1S/C25H30N4O6/c1-33-9-3-7-28-8-6-20-17(13-28)10-21(35-20)25(24(32)26-12-22(30)27-25)15-29-14-16-4-5-18(34-2)11-19(16)23(29)31/h4-5,10-11H,3,6-9,12-15H2,1-2H3,(H,26,32)(H,27,30)/t25-/m0/s1. The molecule has 1 saturated heterocycles. The Morgan fingerprint density at radius 1 is 1.11 bits per heavy atom. The first kappa shape index (κ1) is 23.4. The minimum atomic E-state index is -1.50. The average Bonchev–Trinajstić information content (AvgIpc) is 3.42. The third kappa shape index (κ3) is 4.28. The maximum Gasteiger partial charge on any atom is 0.256 e. The molecule has 0 spiro atoms. The molecule has 10 nitrogen and oxygen atoms in total. The number of nitrogens with one attached hydrogen (secondary N) is 2. The molecule has 4 heterocycles. The molecular weight excluding hydrogens is 452 g/mol. The maximum atomic E-state index is 13.3. The first-order chi connectivity index (χ1) is 16.9. The second-order valence-electron chi connectivity index (χ2n) is 9.25. The summed E-state index contributed by atoms with van der Waals surface area (Å²) in [4.78, 5) is 42.9. The fourth-order valence-electron chi connectivity index (χ4n) is 5.12. The number of rotatable bonds is 8. The van der Waals surface area contributed by atoms with E-state index in [0.29, 0.717) is 43.2 Å². The molecule has 0 radical (unpaired) electrons. The Morgan fingerprint density at radius 3 is 2.77 bits per heavy atom. The van der Waals surface area contributed by atoms with E-state index in [2.05, 4.69) is 15.5 Å². The summed E-state index contributed by atoms with van der Waals surface area (Å²) >= 11 is 0. The third-order valence-corrected chi connectivity index (χ3v) is 6.96. The molecule has 0 saturated carbocycles. The van der Waals surface area contributed by atoms with Gasteiger partial charge in [0.25, 0.3) is 11.8 Å². The van der Waals surface area contributed by atoms with E-state index in [-0.39, 0.29) is 30.8 Å². The van der Waals surface area contributed by atoms with Crippen LogP contribution >= 0.6 is 0 Å². The molecule has 3 aliphatic heterocycles. The van der Waals surface area contributed by atoms with Crippen LogP contribution in [0.1, 0.15) is 39.4 Å². The van der Waals surface area contributed by atoms with Crippen molar-refractivity contribution < 1.29 is 28.3 Å². The number of ether oxygens (including phenoxy) is 2. The van der Waals surface area contributed by atoms with E-state index >= 15 is 0 Å². The molecule has 2 N–H and O–H groups in total. The van der Waals surface area contributed by atoms with Crippen LogP contribution in [-0.4, -0.2) is 74.5 Å². The number of carbonyl (C=O) groups excluding carboxylic acids is 3. The number of carbonyl (C=O) groups is 3. The van der Waals surface area contributed by atoms with Crippen molar-refractivity contribution in [2.24, 2.45) is 0 Å². The number of furan rings is 1. The normalized spacial score (nSPS) is 22.0. The molecule has 5 rings (SSSR count). The van der Waals surface area contributed by atoms with Gasteiger partial charge in [-0.3, -0.25) is 19.3 Å². The van der Waals surface area contributed by atoms with Crippen LogP contribution in [0, 0.1) is 0 Å². The Kier molecular flexibility index (Phi) is 6.24. The lowest BCUT2D eigenvalue weighted by molar-refractivity contribution is -0.140. The highest BCUT2D eigenvalue weighted by Crippen LogP contribution is 2.35. The molecule has 186 valence electrons. The zero-order valence-corrected chi connectivity index (χ0v) is 20.0. The Hall–Kier alpha value is -3.37. The van der Waals surface area contributed by atoms with E-state index in [1.807, 2.05) is 12.1 Å². The first-order valence-corrected chi connectivity index (χ1v) is 11.8. The Bertz CT molecular complexity index is 1160. The summed E-state index contributed by atoms with van der Waals surface area (Å²) in [6.07, 6.45) is 1.64. The summed E-state index contributed by atoms with van der Waals surface area (Å²) in [5.41, 5.74) is 0.873. The Morgan fingerprint density at radius 2 is 1.97 bits per heavy atom. The van der Waals surface area contributed by atoms with Gasteiger partial charge in [-0.1, -0.05) is 6.07 Å². The SMILES string of the molecule is COCCCN1CCc2oc([C@]3(CN4Cc5ccc(OC)cc5C4=O)NC(=O)CNC3=O)cc2C1. The van der Waals surface area contributed by atoms with Gasteiger partial charge in [-0.05, 0) is 30.2 Å². The van der Waals surface area contributed by atoms with Gasteiger partial charge < -0.3 is 29.4 Å². The number of nitrogens with zero attached hydrogens (tertiary/aromatic N) is 2. The number of hydrogen-bond acceptors (Lipinski definition) is 7. The van der Waals surface area contributed by atoms with E-state index in [0.717, 1.165) is 36.4 Å². The number of hydrogen-bond donors (Lipinski definition) is 2. The van der Waals surface area contributed by atoms with Crippen LogP contribution in [0.2, 0.25) is 0 Å². The van der Waals surface area contributed by atoms with Crippen molar-refractivity contribution in [3.63, 3.8) is 0 Å². The van der Waals surface area contributed by atoms with E-state index in [4.69, 9.17) is 13.9 Å². The highest BCUT2D eigenvalue weighted by atomic mass is 16.5. The van der Waals surface area contributed by atoms with Gasteiger partial charge in [0.05, 0.1) is 20.2 Å². The van der Waals surface area contributed by atoms with Crippen LogP contribution in [0.15, 0.2) is 28.7 Å². The molecule has 1 atom stereocenters. The van der Waals surface area contributed by atoms with E-state index in [9.17, 15) is 14.4 Å². The number of benzene rings is 1. The topological polar surface area (TPSA) is 113 Å². The van der Waals surface area contributed by atoms with Crippen molar-refractivity contribution in [1.82, 2.24) is 20.4 Å². The smallest absolute Gasteiger partial charge is 0.256 e. The summed E-state index contributed by atoms with van der Waals surface area (Å²) in [6, 6.07) is 7.22. The zero-order valence-electron chi connectivity index (χ0n) is 20.0. The molecular formula is C25H30N4O6. The number of methoxy groups -OCH3 is 2. The highest BCUT2D eigenvalue weighted by molar-refractivity contribution is 6.01. The first-order valence-electron chi connectivity index (χ1n) is 11.8. The highest BCUT2D eigenvalue weighted by Gasteiger charge is 2.51. The predicted molar refractivity (Wildman–Crippen MR) is 125 cm³/mol. The quantitative estimate of drug-likeness (QED) is 0.535. The van der Waals surface area contributed by atoms with Gasteiger partial charge in [-0.25, -0.2) is 0 Å². The van der Waals surface area contributed by atoms with Crippen molar-refractivity contribution >= 4 is 17.7 Å². The van der Waals surface area contributed by atoms with Gasteiger partial charge in [-0.2, -0.15) is 0 Å². The number of fused-ring (bicyclic) bond motifs is 2. The van der Waals surface area contributed by atoms with Crippen LogP contribution in [0.25, 0.3) is 0 Å². The van der Waals surface area contributed by atoms with Gasteiger partial charge in [0.2, 0.25) is 5.91 Å². The van der Waals surface area contributed by atoms with Gasteiger partial charge in [-0.15, -0.1) is 0 Å². The molecule has 3 aliphatic rings. The largest absolute Gasteiger partial charge is 0.497 e. The van der Waals surface area contributed by atoms with Crippen LogP contribution in [-0.2, 0) is 39.4 Å². The van der Waals surface area contributed by atoms with Crippen LogP contribution in [0.3, 0.4) is 0 Å². The lowest BCUT2D eigenvalue weighted by atomic mass is 9.91. The number of amides is 3. The third-order valence-electron chi connectivity index (χ3n) is 6.96. The van der Waals surface area contributed by atoms with Crippen molar-refractivity contribution in [2.75, 3.05) is 47.0 Å². The summed E-state index contributed by atoms with van der Waals surface area (Å²) in [6.45, 7) is 3.33. The zero-order chi connectivity index (χ0) is 24.6.